The molecule has 4 rings (SSSR count). The Morgan fingerprint density at radius 3 is 2.60 bits per heavy atom. The number of rotatable bonds is 6. The molecule has 1 aliphatic heterocycles. The Balaban J connectivity index is 1.54. The number of aromatic nitrogens is 3. The van der Waals surface area contributed by atoms with Crippen molar-refractivity contribution < 1.29 is 4.79 Å². The number of hydrogen-bond acceptors (Lipinski definition) is 2. The summed E-state index contributed by atoms with van der Waals surface area (Å²) in [6.45, 7) is 11.1. The molecule has 2 aromatic heterocycles. The second-order valence-corrected chi connectivity index (χ2v) is 8.75. The molecule has 30 heavy (non-hydrogen) atoms. The van der Waals surface area contributed by atoms with E-state index in [4.69, 9.17) is 5.10 Å². The maximum atomic E-state index is 13.4. The van der Waals surface area contributed by atoms with Crippen molar-refractivity contribution in [3.8, 4) is 0 Å². The molecule has 0 fully saturated rings. The predicted molar refractivity (Wildman–Crippen MR) is 119 cm³/mol. The van der Waals surface area contributed by atoms with Gasteiger partial charge in [-0.05, 0) is 49.4 Å². The first kappa shape index (κ1) is 20.5. The van der Waals surface area contributed by atoms with Gasteiger partial charge in [-0.3, -0.25) is 9.48 Å². The van der Waals surface area contributed by atoms with E-state index < -0.39 is 0 Å². The Morgan fingerprint density at radius 1 is 1.10 bits per heavy atom. The summed E-state index contributed by atoms with van der Waals surface area (Å²) in [5, 5.41) is 4.71. The van der Waals surface area contributed by atoms with Crippen molar-refractivity contribution in [3.05, 3.63) is 76.9 Å². The Hall–Kier alpha value is -2.82. The maximum absolute atomic E-state index is 13.4. The highest BCUT2D eigenvalue weighted by atomic mass is 16.2. The van der Waals surface area contributed by atoms with Crippen molar-refractivity contribution in [1.82, 2.24) is 19.2 Å². The largest absolute Gasteiger partial charge is 0.348 e. The maximum Gasteiger partial charge on any atom is 0.223 e. The molecule has 3 aromatic rings. The lowest BCUT2D eigenvalue weighted by Crippen LogP contribution is -2.42. The normalized spacial score (nSPS) is 16.2. The molecule has 0 saturated heterocycles. The highest BCUT2D eigenvalue weighted by Crippen LogP contribution is 2.33. The van der Waals surface area contributed by atoms with Gasteiger partial charge in [0.05, 0.1) is 11.7 Å². The molecule has 1 atom stereocenters. The lowest BCUT2D eigenvalue weighted by atomic mass is 9.98. The van der Waals surface area contributed by atoms with Crippen LogP contribution in [0, 0.1) is 19.8 Å². The number of fused-ring (bicyclic) bond motifs is 1. The van der Waals surface area contributed by atoms with Crippen LogP contribution < -0.4 is 0 Å². The minimum atomic E-state index is -0.0201. The van der Waals surface area contributed by atoms with Crippen LogP contribution >= 0.6 is 0 Å². The van der Waals surface area contributed by atoms with Crippen molar-refractivity contribution in [1.29, 1.82) is 0 Å². The number of benzene rings is 1. The zero-order chi connectivity index (χ0) is 21.3. The van der Waals surface area contributed by atoms with Crippen molar-refractivity contribution >= 4 is 5.91 Å². The fourth-order valence-electron chi connectivity index (χ4n) is 4.63. The van der Waals surface area contributed by atoms with Gasteiger partial charge in [0, 0.05) is 43.6 Å². The molecule has 5 nitrogen and oxygen atoms in total. The Kier molecular flexibility index (Phi) is 5.80. The summed E-state index contributed by atoms with van der Waals surface area (Å²) in [5.41, 5.74) is 5.83. The van der Waals surface area contributed by atoms with E-state index in [0.717, 1.165) is 31.7 Å². The van der Waals surface area contributed by atoms with Gasteiger partial charge in [-0.2, -0.15) is 5.10 Å². The molecule has 1 aliphatic rings. The molecule has 0 spiro atoms. The van der Waals surface area contributed by atoms with Gasteiger partial charge in [0.25, 0.3) is 0 Å². The molecule has 0 N–H and O–H groups in total. The Labute approximate surface area is 179 Å². The molecular weight excluding hydrogens is 372 g/mol. The molecule has 158 valence electrons. The summed E-state index contributed by atoms with van der Waals surface area (Å²) < 4.78 is 4.37. The van der Waals surface area contributed by atoms with E-state index in [-0.39, 0.29) is 11.9 Å². The van der Waals surface area contributed by atoms with E-state index in [9.17, 15) is 4.79 Å². The highest BCUT2D eigenvalue weighted by molar-refractivity contribution is 5.77. The van der Waals surface area contributed by atoms with E-state index in [1.807, 2.05) is 6.07 Å². The third-order valence-electron chi connectivity index (χ3n) is 6.13. The van der Waals surface area contributed by atoms with Crippen molar-refractivity contribution in [3.63, 3.8) is 0 Å². The van der Waals surface area contributed by atoms with Crippen LogP contribution in [-0.2, 0) is 24.3 Å². The number of amides is 1. The van der Waals surface area contributed by atoms with Crippen LogP contribution in [0.2, 0.25) is 0 Å². The molecule has 0 unspecified atom stereocenters. The number of nitrogens with zero attached hydrogens (tertiary/aromatic N) is 4. The van der Waals surface area contributed by atoms with Crippen LogP contribution in [-0.4, -0.2) is 31.7 Å². The molecule has 0 aliphatic carbocycles. The van der Waals surface area contributed by atoms with E-state index in [0.29, 0.717) is 12.3 Å². The summed E-state index contributed by atoms with van der Waals surface area (Å²) in [6.07, 6.45) is 3.37. The Bertz CT molecular complexity index is 1020. The van der Waals surface area contributed by atoms with Gasteiger partial charge >= 0.3 is 0 Å². The quantitative estimate of drug-likeness (QED) is 0.606. The lowest BCUT2D eigenvalue weighted by Gasteiger charge is -2.37. The van der Waals surface area contributed by atoms with Crippen LogP contribution in [0.15, 0.2) is 48.7 Å². The summed E-state index contributed by atoms with van der Waals surface area (Å²) in [6, 6.07) is 14.6. The van der Waals surface area contributed by atoms with E-state index in [1.165, 1.54) is 22.5 Å². The van der Waals surface area contributed by atoms with Gasteiger partial charge in [-0.25, -0.2) is 0 Å². The van der Waals surface area contributed by atoms with Crippen LogP contribution in [0.5, 0.6) is 0 Å². The first-order valence-corrected chi connectivity index (χ1v) is 11.0. The third kappa shape index (κ3) is 3.93. The first-order valence-electron chi connectivity index (χ1n) is 11.0. The number of carbonyl (C=O) groups is 1. The molecule has 0 radical (unpaired) electrons. The van der Waals surface area contributed by atoms with Crippen LogP contribution in [0.4, 0.5) is 0 Å². The summed E-state index contributed by atoms with van der Waals surface area (Å²) >= 11 is 0. The monoisotopic (exact) mass is 404 g/mol. The van der Waals surface area contributed by atoms with E-state index in [2.05, 4.69) is 84.4 Å². The molecule has 5 heteroatoms. The van der Waals surface area contributed by atoms with Crippen LogP contribution in [0.1, 0.15) is 54.5 Å². The molecule has 0 bridgehead atoms. The van der Waals surface area contributed by atoms with Gasteiger partial charge in [0.15, 0.2) is 0 Å². The average molecular weight is 405 g/mol. The van der Waals surface area contributed by atoms with Crippen molar-refractivity contribution in [2.45, 2.75) is 59.7 Å². The second kappa shape index (κ2) is 8.50. The summed E-state index contributed by atoms with van der Waals surface area (Å²) in [5.74, 6) is 0.764. The standard InChI is InChI=1S/C25H32N4O/c1-18(2)17-29-20(4)22(19(3)26-29)12-13-24(30)28-16-15-27-14-8-11-23(27)25(28)21-9-6-5-7-10-21/h5-11,14,18,25H,12-13,15-17H2,1-4H3/t25-/m0/s1. The molecule has 1 amide bonds. The van der Waals surface area contributed by atoms with Crippen molar-refractivity contribution in [2.24, 2.45) is 5.92 Å². The van der Waals surface area contributed by atoms with Gasteiger partial charge < -0.3 is 9.47 Å². The topological polar surface area (TPSA) is 43.1 Å². The number of aryl methyl sites for hydroxylation is 1. The Morgan fingerprint density at radius 2 is 1.87 bits per heavy atom. The first-order chi connectivity index (χ1) is 14.5. The minimum Gasteiger partial charge on any atom is -0.348 e. The predicted octanol–water partition coefficient (Wildman–Crippen LogP) is 4.52. The molecular formula is C25H32N4O. The minimum absolute atomic E-state index is 0.0201. The van der Waals surface area contributed by atoms with E-state index >= 15 is 0 Å². The SMILES string of the molecule is Cc1nn(CC(C)C)c(C)c1CCC(=O)N1CCn2cccc2[C@@H]1c1ccccc1. The smallest absolute Gasteiger partial charge is 0.223 e. The fraction of sp³-hybridized carbons (Fsp3) is 0.440. The van der Waals surface area contributed by atoms with Crippen LogP contribution in [0.3, 0.4) is 0 Å². The van der Waals surface area contributed by atoms with Crippen molar-refractivity contribution in [2.75, 3.05) is 6.54 Å². The summed E-state index contributed by atoms with van der Waals surface area (Å²) in [7, 11) is 0. The molecule has 0 saturated carbocycles. The zero-order valence-corrected chi connectivity index (χ0v) is 18.5. The lowest BCUT2D eigenvalue weighted by molar-refractivity contribution is -0.133. The summed E-state index contributed by atoms with van der Waals surface area (Å²) in [4.78, 5) is 15.4. The highest BCUT2D eigenvalue weighted by Gasteiger charge is 2.31. The molecule has 3 heterocycles. The molecule has 1 aromatic carbocycles. The average Bonchev–Trinajstić information content (AvgIpc) is 3.30. The fourth-order valence-corrected chi connectivity index (χ4v) is 4.63. The zero-order valence-electron chi connectivity index (χ0n) is 18.5. The third-order valence-corrected chi connectivity index (χ3v) is 6.13. The van der Waals surface area contributed by atoms with E-state index in [1.54, 1.807) is 0 Å². The van der Waals surface area contributed by atoms with Gasteiger partial charge in [-0.1, -0.05) is 44.2 Å². The van der Waals surface area contributed by atoms with Gasteiger partial charge in [0.1, 0.15) is 0 Å². The number of hydrogen-bond donors (Lipinski definition) is 0. The van der Waals surface area contributed by atoms with Gasteiger partial charge in [0.2, 0.25) is 5.91 Å². The second-order valence-electron chi connectivity index (χ2n) is 8.75. The number of carbonyl (C=O) groups excluding carboxylic acids is 1. The van der Waals surface area contributed by atoms with Crippen LogP contribution in [0.25, 0.3) is 0 Å². The van der Waals surface area contributed by atoms with Gasteiger partial charge in [-0.15, -0.1) is 0 Å².